The Morgan fingerprint density at radius 1 is 1.58 bits per heavy atom. The Bertz CT molecular complexity index is 227. The Labute approximate surface area is 73.8 Å². The van der Waals surface area contributed by atoms with Crippen LogP contribution in [-0.4, -0.2) is 16.8 Å². The maximum Gasteiger partial charge on any atom is 0.0534 e. The summed E-state index contributed by atoms with van der Waals surface area (Å²) in [5.41, 5.74) is 1.25. The zero-order valence-corrected chi connectivity index (χ0v) is 8.04. The average Bonchev–Trinajstić information content (AvgIpc) is 2.36. The van der Waals surface area contributed by atoms with E-state index in [1.165, 1.54) is 5.56 Å². The highest BCUT2D eigenvalue weighted by molar-refractivity contribution is 5.02. The summed E-state index contributed by atoms with van der Waals surface area (Å²) in [6.07, 6.45) is 4.01. The maximum atomic E-state index is 4.25. The van der Waals surface area contributed by atoms with Gasteiger partial charge in [-0.25, -0.2) is 0 Å². The lowest BCUT2D eigenvalue weighted by Gasteiger charge is -2.03. The molecule has 3 heteroatoms. The molecule has 0 aliphatic heterocycles. The topological polar surface area (TPSA) is 29.9 Å². The lowest BCUT2D eigenvalue weighted by molar-refractivity contribution is 0.483. The minimum atomic E-state index is 0.660. The van der Waals surface area contributed by atoms with E-state index in [1.807, 2.05) is 17.9 Å². The zero-order chi connectivity index (χ0) is 8.97. The largest absolute Gasteiger partial charge is 0.316 e. The Kier molecular flexibility index (Phi) is 3.29. The summed E-state index contributed by atoms with van der Waals surface area (Å²) in [6.45, 7) is 6.29. The molecule has 1 heterocycles. The third kappa shape index (κ3) is 2.66. The van der Waals surface area contributed by atoms with Crippen molar-refractivity contribution in [1.82, 2.24) is 15.1 Å². The molecule has 0 aliphatic rings. The third-order valence-corrected chi connectivity index (χ3v) is 1.62. The molecule has 12 heavy (non-hydrogen) atoms. The van der Waals surface area contributed by atoms with Gasteiger partial charge >= 0.3 is 0 Å². The number of nitrogens with one attached hydrogen (secondary N) is 1. The van der Waals surface area contributed by atoms with Crippen molar-refractivity contribution < 1.29 is 0 Å². The van der Waals surface area contributed by atoms with Crippen molar-refractivity contribution in [2.24, 2.45) is 5.92 Å². The van der Waals surface area contributed by atoms with Gasteiger partial charge in [0.15, 0.2) is 0 Å². The zero-order valence-electron chi connectivity index (χ0n) is 8.04. The van der Waals surface area contributed by atoms with Crippen molar-refractivity contribution in [3.05, 3.63) is 18.0 Å². The van der Waals surface area contributed by atoms with E-state index in [4.69, 9.17) is 0 Å². The molecule has 1 aromatic rings. The summed E-state index contributed by atoms with van der Waals surface area (Å²) < 4.78 is 2.00. The number of hydrogen-bond acceptors (Lipinski definition) is 2. The van der Waals surface area contributed by atoms with E-state index >= 15 is 0 Å². The van der Waals surface area contributed by atoms with Crippen LogP contribution >= 0.6 is 0 Å². The Morgan fingerprint density at radius 3 is 2.92 bits per heavy atom. The molecule has 0 amide bonds. The van der Waals surface area contributed by atoms with Crippen LogP contribution < -0.4 is 5.32 Å². The molecule has 0 fully saturated rings. The molecule has 0 radical (unpaired) electrons. The smallest absolute Gasteiger partial charge is 0.0534 e. The minimum Gasteiger partial charge on any atom is -0.316 e. The molecule has 3 nitrogen and oxygen atoms in total. The molecule has 0 unspecified atom stereocenters. The second-order valence-electron chi connectivity index (χ2n) is 3.49. The highest BCUT2D eigenvalue weighted by Gasteiger charge is 1.98. The van der Waals surface area contributed by atoms with Gasteiger partial charge in [-0.15, -0.1) is 0 Å². The molecular weight excluding hydrogens is 150 g/mol. The van der Waals surface area contributed by atoms with Gasteiger partial charge in [0.25, 0.3) is 0 Å². The predicted molar refractivity (Wildman–Crippen MR) is 49.8 cm³/mol. The summed E-state index contributed by atoms with van der Waals surface area (Å²) in [5, 5.41) is 7.35. The van der Waals surface area contributed by atoms with Gasteiger partial charge in [0.05, 0.1) is 6.20 Å². The molecule has 68 valence electrons. The number of hydrogen-bond donors (Lipinski definition) is 1. The van der Waals surface area contributed by atoms with Gasteiger partial charge in [-0.05, 0) is 13.0 Å². The minimum absolute atomic E-state index is 0.660. The van der Waals surface area contributed by atoms with Crippen molar-refractivity contribution in [3.63, 3.8) is 0 Å². The summed E-state index contributed by atoms with van der Waals surface area (Å²) in [7, 11) is 1.94. The highest BCUT2D eigenvalue weighted by atomic mass is 15.3. The SMILES string of the molecule is CNCc1cnn(CC(C)C)c1. The second-order valence-corrected chi connectivity index (χ2v) is 3.49. The summed E-state index contributed by atoms with van der Waals surface area (Å²) in [4.78, 5) is 0. The first-order valence-corrected chi connectivity index (χ1v) is 4.38. The Morgan fingerprint density at radius 2 is 2.33 bits per heavy atom. The van der Waals surface area contributed by atoms with Gasteiger partial charge in [0, 0.05) is 24.8 Å². The highest BCUT2D eigenvalue weighted by Crippen LogP contribution is 2.01. The maximum absolute atomic E-state index is 4.25. The summed E-state index contributed by atoms with van der Waals surface area (Å²) in [6, 6.07) is 0. The van der Waals surface area contributed by atoms with Crippen LogP contribution in [0.5, 0.6) is 0 Å². The predicted octanol–water partition coefficient (Wildman–Crippen LogP) is 1.26. The lowest BCUT2D eigenvalue weighted by atomic mass is 10.2. The van der Waals surface area contributed by atoms with E-state index in [9.17, 15) is 0 Å². The molecule has 0 aliphatic carbocycles. The van der Waals surface area contributed by atoms with E-state index in [-0.39, 0.29) is 0 Å². The normalized spacial score (nSPS) is 11.0. The van der Waals surface area contributed by atoms with Crippen molar-refractivity contribution in [2.45, 2.75) is 26.9 Å². The molecule has 0 atom stereocenters. The molecule has 0 saturated heterocycles. The van der Waals surface area contributed by atoms with Crippen LogP contribution in [0.15, 0.2) is 12.4 Å². The molecular formula is C9H17N3. The number of rotatable bonds is 4. The fourth-order valence-corrected chi connectivity index (χ4v) is 1.18. The number of aromatic nitrogens is 2. The first kappa shape index (κ1) is 9.26. The van der Waals surface area contributed by atoms with Crippen LogP contribution in [0.25, 0.3) is 0 Å². The van der Waals surface area contributed by atoms with Crippen molar-refractivity contribution >= 4 is 0 Å². The number of nitrogens with zero attached hydrogens (tertiary/aromatic N) is 2. The van der Waals surface area contributed by atoms with Gasteiger partial charge in [-0.2, -0.15) is 5.10 Å². The molecule has 0 spiro atoms. The molecule has 1 aromatic heterocycles. The standard InChI is InChI=1S/C9H17N3/c1-8(2)6-12-7-9(4-10-3)5-11-12/h5,7-8,10H,4,6H2,1-3H3. The fourth-order valence-electron chi connectivity index (χ4n) is 1.18. The fraction of sp³-hybridized carbons (Fsp3) is 0.667. The van der Waals surface area contributed by atoms with Gasteiger partial charge < -0.3 is 5.32 Å². The lowest BCUT2D eigenvalue weighted by Crippen LogP contribution is -2.05. The van der Waals surface area contributed by atoms with Crippen LogP contribution in [0.1, 0.15) is 19.4 Å². The summed E-state index contributed by atoms with van der Waals surface area (Å²) in [5.74, 6) is 0.660. The van der Waals surface area contributed by atoms with E-state index in [1.54, 1.807) is 0 Å². The van der Waals surface area contributed by atoms with E-state index in [0.29, 0.717) is 5.92 Å². The Balaban J connectivity index is 2.52. The molecule has 1 rings (SSSR count). The summed E-state index contributed by atoms with van der Waals surface area (Å²) >= 11 is 0. The van der Waals surface area contributed by atoms with Crippen LogP contribution in [0.2, 0.25) is 0 Å². The monoisotopic (exact) mass is 167 g/mol. The molecule has 0 bridgehead atoms. The van der Waals surface area contributed by atoms with Gasteiger partial charge in [0.1, 0.15) is 0 Å². The van der Waals surface area contributed by atoms with Crippen LogP contribution in [-0.2, 0) is 13.1 Å². The van der Waals surface area contributed by atoms with Crippen LogP contribution in [0.3, 0.4) is 0 Å². The van der Waals surface area contributed by atoms with E-state index in [0.717, 1.165) is 13.1 Å². The van der Waals surface area contributed by atoms with Crippen LogP contribution in [0, 0.1) is 5.92 Å². The first-order chi connectivity index (χ1) is 5.72. The second kappa shape index (κ2) is 4.26. The van der Waals surface area contributed by atoms with Crippen molar-refractivity contribution in [2.75, 3.05) is 7.05 Å². The first-order valence-electron chi connectivity index (χ1n) is 4.38. The average molecular weight is 167 g/mol. The van der Waals surface area contributed by atoms with Crippen molar-refractivity contribution in [3.8, 4) is 0 Å². The van der Waals surface area contributed by atoms with Gasteiger partial charge in [-0.3, -0.25) is 4.68 Å². The van der Waals surface area contributed by atoms with Gasteiger partial charge in [0.2, 0.25) is 0 Å². The quantitative estimate of drug-likeness (QED) is 0.731. The molecule has 1 N–H and O–H groups in total. The van der Waals surface area contributed by atoms with E-state index < -0.39 is 0 Å². The van der Waals surface area contributed by atoms with E-state index in [2.05, 4.69) is 30.5 Å². The Hall–Kier alpha value is -0.830. The third-order valence-electron chi connectivity index (χ3n) is 1.62. The van der Waals surface area contributed by atoms with Gasteiger partial charge in [-0.1, -0.05) is 13.8 Å². The van der Waals surface area contributed by atoms with Crippen molar-refractivity contribution in [1.29, 1.82) is 0 Å². The van der Waals surface area contributed by atoms with Crippen LogP contribution in [0.4, 0.5) is 0 Å². The molecule has 0 saturated carbocycles. The molecule has 0 aromatic carbocycles.